The van der Waals surface area contributed by atoms with E-state index in [1.165, 1.54) is 24.0 Å². The molecule has 1 aromatic carbocycles. The van der Waals surface area contributed by atoms with E-state index in [2.05, 4.69) is 36.2 Å². The number of nitrogens with zero attached hydrogens (tertiary/aromatic N) is 1. The molecule has 0 saturated heterocycles. The van der Waals surface area contributed by atoms with E-state index in [1.54, 1.807) is 0 Å². The average Bonchev–Trinajstić information content (AvgIpc) is 3.02. The number of hydrogen-bond donors (Lipinski definition) is 1. The van der Waals surface area contributed by atoms with Gasteiger partial charge < -0.3 is 5.73 Å². The second kappa shape index (κ2) is 4.11. The highest BCUT2D eigenvalue weighted by Gasteiger charge is 2.26. The van der Waals surface area contributed by atoms with E-state index >= 15 is 0 Å². The molecule has 0 atom stereocenters. The summed E-state index contributed by atoms with van der Waals surface area (Å²) < 4.78 is 0. The van der Waals surface area contributed by atoms with Gasteiger partial charge in [-0.1, -0.05) is 24.3 Å². The molecule has 0 heterocycles. The number of benzene rings is 1. The van der Waals surface area contributed by atoms with Crippen molar-refractivity contribution in [3.63, 3.8) is 0 Å². The van der Waals surface area contributed by atoms with Gasteiger partial charge in [-0.05, 0) is 31.0 Å². The largest absolute Gasteiger partial charge is 0.326 e. The van der Waals surface area contributed by atoms with Crippen LogP contribution in [0.2, 0.25) is 0 Å². The molecule has 0 aliphatic heterocycles. The predicted octanol–water partition coefficient (Wildman–Crippen LogP) is 1.74. The highest BCUT2D eigenvalue weighted by atomic mass is 15.1. The van der Waals surface area contributed by atoms with Gasteiger partial charge in [0.2, 0.25) is 0 Å². The van der Waals surface area contributed by atoms with Gasteiger partial charge in [0, 0.05) is 19.1 Å². The van der Waals surface area contributed by atoms with Crippen molar-refractivity contribution in [2.45, 2.75) is 32.0 Å². The predicted molar refractivity (Wildman–Crippen MR) is 58.8 cm³/mol. The van der Waals surface area contributed by atoms with Crippen molar-refractivity contribution in [1.29, 1.82) is 0 Å². The molecule has 2 nitrogen and oxygen atoms in total. The standard InChI is InChI=1S/C12H18N2/c1-14(12-6-7-12)9-11-5-3-2-4-10(11)8-13/h2-5,12H,6-9,13H2,1H3. The van der Waals surface area contributed by atoms with Crippen LogP contribution in [0.1, 0.15) is 24.0 Å². The fourth-order valence-electron chi connectivity index (χ4n) is 1.82. The molecule has 0 bridgehead atoms. The molecule has 1 aromatic rings. The van der Waals surface area contributed by atoms with Crippen LogP contribution >= 0.6 is 0 Å². The molecule has 0 amide bonds. The van der Waals surface area contributed by atoms with Crippen molar-refractivity contribution < 1.29 is 0 Å². The molecule has 2 N–H and O–H groups in total. The van der Waals surface area contributed by atoms with E-state index in [4.69, 9.17) is 5.73 Å². The third-order valence-electron chi connectivity index (χ3n) is 2.93. The Morgan fingerprint density at radius 2 is 1.93 bits per heavy atom. The van der Waals surface area contributed by atoms with E-state index in [-0.39, 0.29) is 0 Å². The summed E-state index contributed by atoms with van der Waals surface area (Å²) in [4.78, 5) is 2.43. The van der Waals surface area contributed by atoms with Gasteiger partial charge in [0.15, 0.2) is 0 Å². The van der Waals surface area contributed by atoms with Crippen molar-refractivity contribution in [2.24, 2.45) is 5.73 Å². The summed E-state index contributed by atoms with van der Waals surface area (Å²) in [5.74, 6) is 0. The van der Waals surface area contributed by atoms with E-state index in [1.807, 2.05) is 0 Å². The normalized spacial score (nSPS) is 16.2. The third-order valence-corrected chi connectivity index (χ3v) is 2.93. The summed E-state index contributed by atoms with van der Waals surface area (Å²) in [6, 6.07) is 9.27. The lowest BCUT2D eigenvalue weighted by Gasteiger charge is -2.17. The molecule has 76 valence electrons. The van der Waals surface area contributed by atoms with Gasteiger partial charge in [0.05, 0.1) is 0 Å². The number of nitrogens with two attached hydrogens (primary N) is 1. The van der Waals surface area contributed by atoms with E-state index in [0.29, 0.717) is 6.54 Å². The molecule has 1 aliphatic carbocycles. The molecule has 0 spiro atoms. The van der Waals surface area contributed by atoms with Gasteiger partial charge >= 0.3 is 0 Å². The molecule has 1 fully saturated rings. The lowest BCUT2D eigenvalue weighted by Crippen LogP contribution is -2.21. The van der Waals surface area contributed by atoms with Crippen LogP contribution in [0, 0.1) is 0 Å². The SMILES string of the molecule is CN(Cc1ccccc1CN)C1CC1. The number of rotatable bonds is 4. The summed E-state index contributed by atoms with van der Waals surface area (Å²) in [6.45, 7) is 1.69. The first kappa shape index (κ1) is 9.69. The van der Waals surface area contributed by atoms with Crippen molar-refractivity contribution in [3.8, 4) is 0 Å². The Morgan fingerprint density at radius 1 is 1.29 bits per heavy atom. The van der Waals surface area contributed by atoms with Crippen LogP contribution in [-0.4, -0.2) is 18.0 Å². The smallest absolute Gasteiger partial charge is 0.0236 e. The van der Waals surface area contributed by atoms with Gasteiger partial charge in [-0.2, -0.15) is 0 Å². The first-order valence-corrected chi connectivity index (χ1v) is 5.28. The minimum absolute atomic E-state index is 0.648. The van der Waals surface area contributed by atoms with Crippen LogP contribution in [0.15, 0.2) is 24.3 Å². The zero-order chi connectivity index (χ0) is 9.97. The second-order valence-corrected chi connectivity index (χ2v) is 4.12. The molecule has 1 saturated carbocycles. The molecule has 1 aliphatic rings. The highest BCUT2D eigenvalue weighted by molar-refractivity contribution is 5.26. The average molecular weight is 190 g/mol. The van der Waals surface area contributed by atoms with Crippen molar-refractivity contribution in [1.82, 2.24) is 4.90 Å². The first-order valence-electron chi connectivity index (χ1n) is 5.28. The Balaban J connectivity index is 2.06. The maximum Gasteiger partial charge on any atom is 0.0236 e. The maximum absolute atomic E-state index is 5.70. The monoisotopic (exact) mass is 190 g/mol. The van der Waals surface area contributed by atoms with Crippen LogP contribution in [0.4, 0.5) is 0 Å². The van der Waals surface area contributed by atoms with Crippen molar-refractivity contribution in [3.05, 3.63) is 35.4 Å². The maximum atomic E-state index is 5.70. The van der Waals surface area contributed by atoms with Gasteiger partial charge in [-0.3, -0.25) is 4.90 Å². The molecular weight excluding hydrogens is 172 g/mol. The summed E-state index contributed by atoms with van der Waals surface area (Å²) in [7, 11) is 2.20. The second-order valence-electron chi connectivity index (χ2n) is 4.12. The van der Waals surface area contributed by atoms with Gasteiger partial charge in [0.1, 0.15) is 0 Å². The molecule has 2 heteroatoms. The number of hydrogen-bond acceptors (Lipinski definition) is 2. The lowest BCUT2D eigenvalue weighted by atomic mass is 10.1. The van der Waals surface area contributed by atoms with Crippen LogP contribution < -0.4 is 5.73 Å². The third kappa shape index (κ3) is 2.14. The quantitative estimate of drug-likeness (QED) is 0.783. The molecule has 0 unspecified atom stereocenters. The van der Waals surface area contributed by atoms with Crippen LogP contribution in [-0.2, 0) is 13.1 Å². The van der Waals surface area contributed by atoms with E-state index in [0.717, 1.165) is 12.6 Å². The van der Waals surface area contributed by atoms with E-state index in [9.17, 15) is 0 Å². The van der Waals surface area contributed by atoms with E-state index < -0.39 is 0 Å². The Morgan fingerprint density at radius 3 is 2.50 bits per heavy atom. The van der Waals surface area contributed by atoms with Crippen LogP contribution in [0.5, 0.6) is 0 Å². The highest BCUT2D eigenvalue weighted by Crippen LogP contribution is 2.27. The van der Waals surface area contributed by atoms with Crippen LogP contribution in [0.25, 0.3) is 0 Å². The zero-order valence-corrected chi connectivity index (χ0v) is 8.74. The fraction of sp³-hybridized carbons (Fsp3) is 0.500. The first-order chi connectivity index (χ1) is 6.81. The Bertz CT molecular complexity index is 305. The van der Waals surface area contributed by atoms with Crippen molar-refractivity contribution >= 4 is 0 Å². The molecule has 2 rings (SSSR count). The zero-order valence-electron chi connectivity index (χ0n) is 8.74. The summed E-state index contributed by atoms with van der Waals surface area (Å²) in [5.41, 5.74) is 8.36. The van der Waals surface area contributed by atoms with Gasteiger partial charge in [0.25, 0.3) is 0 Å². The fourth-order valence-corrected chi connectivity index (χ4v) is 1.82. The van der Waals surface area contributed by atoms with Gasteiger partial charge in [-0.15, -0.1) is 0 Å². The van der Waals surface area contributed by atoms with Gasteiger partial charge in [-0.25, -0.2) is 0 Å². The summed E-state index contributed by atoms with van der Waals surface area (Å²) in [5, 5.41) is 0. The topological polar surface area (TPSA) is 29.3 Å². The molecule has 0 radical (unpaired) electrons. The molecule has 14 heavy (non-hydrogen) atoms. The van der Waals surface area contributed by atoms with Crippen molar-refractivity contribution in [2.75, 3.05) is 7.05 Å². The molecular formula is C12H18N2. The van der Waals surface area contributed by atoms with Crippen LogP contribution in [0.3, 0.4) is 0 Å². The Labute approximate surface area is 85.7 Å². The summed E-state index contributed by atoms with van der Waals surface area (Å²) in [6.07, 6.45) is 2.72. The molecule has 0 aromatic heterocycles. The lowest BCUT2D eigenvalue weighted by molar-refractivity contribution is 0.315. The minimum Gasteiger partial charge on any atom is -0.326 e. The summed E-state index contributed by atoms with van der Waals surface area (Å²) >= 11 is 0. The Hall–Kier alpha value is -0.860. The minimum atomic E-state index is 0.648. The Kier molecular flexibility index (Phi) is 2.85.